The van der Waals surface area contributed by atoms with E-state index in [4.69, 9.17) is 0 Å². The van der Waals surface area contributed by atoms with Gasteiger partial charge in [-0.1, -0.05) is 24.1 Å². The Morgan fingerprint density at radius 1 is 1.25 bits per heavy atom. The molecule has 1 N–H and O–H groups in total. The van der Waals surface area contributed by atoms with Crippen molar-refractivity contribution in [2.24, 2.45) is 5.41 Å². The number of rotatable bonds is 3. The van der Waals surface area contributed by atoms with Gasteiger partial charge in [0.25, 0.3) is 5.91 Å². The van der Waals surface area contributed by atoms with Crippen molar-refractivity contribution >= 4 is 17.6 Å². The highest BCUT2D eigenvalue weighted by molar-refractivity contribution is 5.99. The van der Waals surface area contributed by atoms with E-state index in [-0.39, 0.29) is 23.3 Å². The molecule has 2 heterocycles. The molecule has 1 saturated carbocycles. The van der Waals surface area contributed by atoms with E-state index in [1.54, 1.807) is 17.2 Å². The van der Waals surface area contributed by atoms with E-state index in [1.807, 2.05) is 38.1 Å². The van der Waals surface area contributed by atoms with Crippen molar-refractivity contribution in [1.29, 1.82) is 0 Å². The molecule has 2 fully saturated rings. The van der Waals surface area contributed by atoms with E-state index in [1.165, 1.54) is 0 Å². The van der Waals surface area contributed by atoms with Gasteiger partial charge in [-0.15, -0.1) is 0 Å². The van der Waals surface area contributed by atoms with Gasteiger partial charge in [0.05, 0.1) is 5.41 Å². The fourth-order valence-electron chi connectivity index (χ4n) is 4.60. The maximum absolute atomic E-state index is 13.3. The summed E-state index contributed by atoms with van der Waals surface area (Å²) >= 11 is 0. The van der Waals surface area contributed by atoms with Crippen molar-refractivity contribution in [1.82, 2.24) is 15.3 Å². The average molecular weight is 378 g/mol. The number of carbonyl (C=O) groups excluding carboxylic acids is 2. The number of hydrogen-bond donors (Lipinski definition) is 1. The quantitative estimate of drug-likeness (QED) is 0.890. The van der Waals surface area contributed by atoms with Gasteiger partial charge in [0.15, 0.2) is 0 Å². The molecule has 2 atom stereocenters. The molecule has 146 valence electrons. The van der Waals surface area contributed by atoms with Gasteiger partial charge in [-0.05, 0) is 57.7 Å². The molecule has 6 heteroatoms. The Morgan fingerprint density at radius 3 is 2.89 bits per heavy atom. The Morgan fingerprint density at radius 2 is 2.11 bits per heavy atom. The van der Waals surface area contributed by atoms with Gasteiger partial charge < -0.3 is 5.32 Å². The van der Waals surface area contributed by atoms with E-state index >= 15 is 0 Å². The van der Waals surface area contributed by atoms with E-state index in [0.717, 1.165) is 31.2 Å². The fourth-order valence-corrected chi connectivity index (χ4v) is 4.60. The van der Waals surface area contributed by atoms with Crippen LogP contribution in [-0.4, -0.2) is 34.4 Å². The SMILES string of the molecule is Cc1cccc(C(=O)N[C@H]2CCC[C@]3(CCN(c4ccnc(C)n4)C3=O)C2)c1. The minimum absolute atomic E-state index is 0.0257. The van der Waals surface area contributed by atoms with Gasteiger partial charge in [0.2, 0.25) is 5.91 Å². The zero-order valence-corrected chi connectivity index (χ0v) is 16.4. The molecular weight excluding hydrogens is 352 g/mol. The van der Waals surface area contributed by atoms with Crippen molar-refractivity contribution in [2.45, 2.75) is 52.0 Å². The second kappa shape index (κ2) is 7.34. The van der Waals surface area contributed by atoms with E-state index in [2.05, 4.69) is 15.3 Å². The molecule has 0 radical (unpaired) electrons. The van der Waals surface area contributed by atoms with Crippen LogP contribution >= 0.6 is 0 Å². The van der Waals surface area contributed by atoms with Gasteiger partial charge in [-0.25, -0.2) is 9.97 Å². The molecule has 6 nitrogen and oxygen atoms in total. The molecule has 2 aliphatic rings. The predicted molar refractivity (Wildman–Crippen MR) is 107 cm³/mol. The molecule has 2 aromatic rings. The number of anilines is 1. The molecule has 1 aromatic heterocycles. The van der Waals surface area contributed by atoms with Crippen LogP contribution in [0.5, 0.6) is 0 Å². The predicted octanol–water partition coefficient (Wildman–Crippen LogP) is 3.19. The van der Waals surface area contributed by atoms with Crippen LogP contribution in [0.4, 0.5) is 5.82 Å². The molecule has 2 amide bonds. The smallest absolute Gasteiger partial charge is 0.251 e. The van der Waals surface area contributed by atoms with Crippen LogP contribution in [0.2, 0.25) is 0 Å². The molecule has 1 aliphatic heterocycles. The summed E-state index contributed by atoms with van der Waals surface area (Å²) in [5, 5.41) is 3.16. The lowest BCUT2D eigenvalue weighted by Crippen LogP contribution is -2.46. The number of nitrogens with one attached hydrogen (secondary N) is 1. The normalized spacial score (nSPS) is 24.6. The Bertz CT molecular complexity index is 913. The third-order valence-electron chi connectivity index (χ3n) is 6.01. The van der Waals surface area contributed by atoms with Crippen molar-refractivity contribution in [3.63, 3.8) is 0 Å². The van der Waals surface area contributed by atoms with Gasteiger partial charge in [-0.3, -0.25) is 14.5 Å². The number of benzene rings is 1. The van der Waals surface area contributed by atoms with Crippen LogP contribution in [0.1, 0.15) is 53.8 Å². The molecule has 1 saturated heterocycles. The monoisotopic (exact) mass is 378 g/mol. The number of aryl methyl sites for hydroxylation is 2. The lowest BCUT2D eigenvalue weighted by atomic mass is 9.71. The molecule has 0 unspecified atom stereocenters. The Kier molecular flexibility index (Phi) is 4.87. The zero-order chi connectivity index (χ0) is 19.7. The number of hydrogen-bond acceptors (Lipinski definition) is 4. The summed E-state index contributed by atoms with van der Waals surface area (Å²) in [5.41, 5.74) is 1.35. The van der Waals surface area contributed by atoms with Crippen LogP contribution in [0.15, 0.2) is 36.5 Å². The largest absolute Gasteiger partial charge is 0.349 e. The first kappa shape index (κ1) is 18.6. The van der Waals surface area contributed by atoms with Gasteiger partial charge in [-0.2, -0.15) is 0 Å². The standard InChI is InChI=1S/C22H26N4O2/c1-15-5-3-6-17(13-15)20(27)25-18-7-4-9-22(14-18)10-12-26(21(22)28)19-8-11-23-16(2)24-19/h3,5-6,8,11,13,18H,4,7,9-10,12,14H2,1-2H3,(H,25,27)/t18-,22-/m0/s1. The fraction of sp³-hybridized carbons (Fsp3) is 0.455. The third kappa shape index (κ3) is 3.51. The van der Waals surface area contributed by atoms with Crippen LogP contribution in [0, 0.1) is 19.3 Å². The molecule has 0 bridgehead atoms. The second-order valence-corrected chi connectivity index (χ2v) is 8.09. The first-order valence-electron chi connectivity index (χ1n) is 9.96. The molecular formula is C22H26N4O2. The average Bonchev–Trinajstić information content (AvgIpc) is 2.97. The van der Waals surface area contributed by atoms with Gasteiger partial charge in [0.1, 0.15) is 11.6 Å². The second-order valence-electron chi connectivity index (χ2n) is 8.09. The third-order valence-corrected chi connectivity index (χ3v) is 6.01. The summed E-state index contributed by atoms with van der Waals surface area (Å²) in [6, 6.07) is 9.43. The summed E-state index contributed by atoms with van der Waals surface area (Å²) in [6.07, 6.45) is 5.95. The lowest BCUT2D eigenvalue weighted by molar-refractivity contribution is -0.127. The van der Waals surface area contributed by atoms with Crippen LogP contribution in [0.25, 0.3) is 0 Å². The van der Waals surface area contributed by atoms with Crippen molar-refractivity contribution in [3.8, 4) is 0 Å². The van der Waals surface area contributed by atoms with Gasteiger partial charge in [0, 0.05) is 24.3 Å². The van der Waals surface area contributed by atoms with Crippen molar-refractivity contribution in [3.05, 3.63) is 53.5 Å². The number of amides is 2. The lowest BCUT2D eigenvalue weighted by Gasteiger charge is -2.36. The molecule has 1 aliphatic carbocycles. The van der Waals surface area contributed by atoms with Crippen molar-refractivity contribution < 1.29 is 9.59 Å². The van der Waals surface area contributed by atoms with E-state index < -0.39 is 0 Å². The number of carbonyl (C=O) groups is 2. The maximum atomic E-state index is 13.3. The number of nitrogens with zero attached hydrogens (tertiary/aromatic N) is 3. The Labute approximate surface area is 165 Å². The molecule has 1 spiro atoms. The summed E-state index contributed by atoms with van der Waals surface area (Å²) in [7, 11) is 0. The summed E-state index contributed by atoms with van der Waals surface area (Å²) in [4.78, 5) is 36.3. The van der Waals surface area contributed by atoms with E-state index in [9.17, 15) is 9.59 Å². The van der Waals surface area contributed by atoms with Gasteiger partial charge >= 0.3 is 0 Å². The highest BCUT2D eigenvalue weighted by Gasteiger charge is 2.50. The minimum atomic E-state index is -0.387. The minimum Gasteiger partial charge on any atom is -0.349 e. The Balaban J connectivity index is 1.47. The number of aromatic nitrogens is 2. The highest BCUT2D eigenvalue weighted by atomic mass is 16.2. The zero-order valence-electron chi connectivity index (χ0n) is 16.4. The maximum Gasteiger partial charge on any atom is 0.251 e. The van der Waals surface area contributed by atoms with Crippen molar-refractivity contribution in [2.75, 3.05) is 11.4 Å². The molecule has 4 rings (SSSR count). The first-order valence-corrected chi connectivity index (χ1v) is 9.96. The van der Waals surface area contributed by atoms with Crippen LogP contribution in [0.3, 0.4) is 0 Å². The first-order chi connectivity index (χ1) is 13.5. The molecule has 1 aromatic carbocycles. The Hall–Kier alpha value is -2.76. The highest BCUT2D eigenvalue weighted by Crippen LogP contribution is 2.45. The molecule has 28 heavy (non-hydrogen) atoms. The van der Waals surface area contributed by atoms with E-state index in [0.29, 0.717) is 30.2 Å². The van der Waals surface area contributed by atoms with Crippen LogP contribution < -0.4 is 10.2 Å². The summed E-state index contributed by atoms with van der Waals surface area (Å²) < 4.78 is 0. The summed E-state index contributed by atoms with van der Waals surface area (Å²) in [6.45, 7) is 4.48. The summed E-state index contributed by atoms with van der Waals surface area (Å²) in [5.74, 6) is 1.43. The van der Waals surface area contributed by atoms with Crippen LogP contribution in [-0.2, 0) is 4.79 Å². The topological polar surface area (TPSA) is 75.2 Å².